The van der Waals surface area contributed by atoms with E-state index in [1.54, 1.807) is 9.25 Å². The molecular formula is C27H33N7O. The molecule has 4 rings (SSSR count). The molecule has 0 saturated carbocycles. The molecule has 2 heterocycles. The Hall–Kier alpha value is -3.81. The minimum Gasteiger partial charge on any atom is -0.271 e. The fourth-order valence-electron chi connectivity index (χ4n) is 4.15. The first kappa shape index (κ1) is 24.3. The van der Waals surface area contributed by atoms with Gasteiger partial charge in [-0.25, -0.2) is 14.6 Å². The van der Waals surface area contributed by atoms with Crippen molar-refractivity contribution in [1.82, 2.24) is 35.0 Å². The molecule has 4 aromatic rings. The smallest absolute Gasteiger partial charge is 0.271 e. The van der Waals surface area contributed by atoms with E-state index in [0.29, 0.717) is 24.7 Å². The molecule has 0 atom stereocenters. The molecule has 0 fully saturated rings. The van der Waals surface area contributed by atoms with Gasteiger partial charge in [0.15, 0.2) is 11.6 Å². The number of aromatic nitrogens is 7. The molecule has 0 unspecified atom stereocenters. The lowest BCUT2D eigenvalue weighted by atomic mass is 9.98. The van der Waals surface area contributed by atoms with Gasteiger partial charge in [0.2, 0.25) is 0 Å². The van der Waals surface area contributed by atoms with E-state index in [1.165, 1.54) is 19.3 Å². The number of aryl methyl sites for hydroxylation is 1. The largest absolute Gasteiger partial charge is 0.346 e. The van der Waals surface area contributed by atoms with Crippen molar-refractivity contribution in [3.63, 3.8) is 0 Å². The van der Waals surface area contributed by atoms with Crippen LogP contribution in [0, 0.1) is 0 Å². The van der Waals surface area contributed by atoms with Gasteiger partial charge < -0.3 is 0 Å². The van der Waals surface area contributed by atoms with Crippen LogP contribution in [-0.4, -0.2) is 35.0 Å². The first-order valence-corrected chi connectivity index (χ1v) is 12.5. The Labute approximate surface area is 205 Å². The maximum Gasteiger partial charge on any atom is 0.346 e. The van der Waals surface area contributed by atoms with Crippen molar-refractivity contribution >= 4 is 6.08 Å². The van der Waals surface area contributed by atoms with Crippen molar-refractivity contribution in [1.29, 1.82) is 0 Å². The number of allylic oxidation sites excluding steroid dienone is 1. The monoisotopic (exact) mass is 471 g/mol. The predicted octanol–water partition coefficient (Wildman–Crippen LogP) is 5.33. The zero-order valence-corrected chi connectivity index (χ0v) is 20.5. The van der Waals surface area contributed by atoms with Crippen molar-refractivity contribution in [2.75, 3.05) is 0 Å². The molecule has 2 aromatic carbocycles. The molecular weight excluding hydrogens is 438 g/mol. The number of rotatable bonds is 12. The zero-order chi connectivity index (χ0) is 24.5. The Balaban J connectivity index is 1.54. The number of unbranched alkanes of at least 4 members (excludes halogenated alkanes) is 4. The van der Waals surface area contributed by atoms with Crippen molar-refractivity contribution in [2.24, 2.45) is 0 Å². The van der Waals surface area contributed by atoms with Gasteiger partial charge in [-0.3, -0.25) is 4.57 Å². The topological polar surface area (TPSA) is 94.3 Å². The third-order valence-electron chi connectivity index (χ3n) is 6.06. The molecule has 0 radical (unpaired) electrons. The molecule has 1 N–H and O–H groups in total. The molecule has 0 aliphatic heterocycles. The van der Waals surface area contributed by atoms with E-state index in [2.05, 4.69) is 69.9 Å². The van der Waals surface area contributed by atoms with Gasteiger partial charge in [0, 0.05) is 12.1 Å². The Morgan fingerprint density at radius 1 is 0.943 bits per heavy atom. The van der Waals surface area contributed by atoms with Gasteiger partial charge >= 0.3 is 5.69 Å². The summed E-state index contributed by atoms with van der Waals surface area (Å²) in [6, 6.07) is 16.3. The molecule has 0 amide bonds. The van der Waals surface area contributed by atoms with E-state index in [9.17, 15) is 4.79 Å². The van der Waals surface area contributed by atoms with Crippen molar-refractivity contribution in [2.45, 2.75) is 65.5 Å². The van der Waals surface area contributed by atoms with E-state index in [-0.39, 0.29) is 5.69 Å². The van der Waals surface area contributed by atoms with Crippen LogP contribution in [0.2, 0.25) is 0 Å². The molecule has 0 aliphatic carbocycles. The van der Waals surface area contributed by atoms with Gasteiger partial charge in [-0.15, -0.1) is 5.10 Å². The number of nitrogens with one attached hydrogen (secondary N) is 1. The van der Waals surface area contributed by atoms with Gasteiger partial charge in [-0.05, 0) is 46.0 Å². The zero-order valence-electron chi connectivity index (χ0n) is 20.5. The quantitative estimate of drug-likeness (QED) is 0.282. The van der Waals surface area contributed by atoms with Gasteiger partial charge in [-0.1, -0.05) is 94.1 Å². The fraction of sp³-hybridized carbons (Fsp3) is 0.370. The van der Waals surface area contributed by atoms with Crippen LogP contribution in [0.3, 0.4) is 0 Å². The van der Waals surface area contributed by atoms with Crippen molar-refractivity contribution < 1.29 is 0 Å². The number of benzene rings is 2. The molecule has 0 aliphatic rings. The predicted molar refractivity (Wildman–Crippen MR) is 139 cm³/mol. The number of nitrogens with zero attached hydrogens (tertiary/aromatic N) is 6. The van der Waals surface area contributed by atoms with Crippen LogP contribution in [0.1, 0.15) is 63.8 Å². The van der Waals surface area contributed by atoms with E-state index in [4.69, 9.17) is 0 Å². The standard InChI is InChI=1S/C27H33N7O/c1-3-5-7-8-11-19-34-27(35)33(25(30-34)14-6-4-2)20-21-15-17-22(18-16-21)23-12-9-10-13-24(23)26-28-31-32-29-26/h6,9-10,12-18H,3-5,7-8,11,19-20H2,1-2H3,(H,28,29,31,32). The molecule has 182 valence electrons. The number of hydrogen-bond donors (Lipinski definition) is 1. The molecule has 0 bridgehead atoms. The molecule has 2 aromatic heterocycles. The Morgan fingerprint density at radius 2 is 1.71 bits per heavy atom. The van der Waals surface area contributed by atoms with Crippen LogP contribution < -0.4 is 5.69 Å². The highest BCUT2D eigenvalue weighted by Gasteiger charge is 2.13. The van der Waals surface area contributed by atoms with Gasteiger partial charge in [0.05, 0.1) is 6.54 Å². The van der Waals surface area contributed by atoms with Gasteiger partial charge in [0.25, 0.3) is 0 Å². The summed E-state index contributed by atoms with van der Waals surface area (Å²) in [5.74, 6) is 1.34. The van der Waals surface area contributed by atoms with Crippen molar-refractivity contribution in [3.8, 4) is 22.5 Å². The molecule has 0 spiro atoms. The number of hydrogen-bond acceptors (Lipinski definition) is 5. The summed E-state index contributed by atoms with van der Waals surface area (Å²) in [7, 11) is 0. The first-order chi connectivity index (χ1) is 17.2. The Morgan fingerprint density at radius 3 is 2.43 bits per heavy atom. The van der Waals surface area contributed by atoms with Crippen LogP contribution in [0.25, 0.3) is 28.6 Å². The fourth-order valence-corrected chi connectivity index (χ4v) is 4.15. The number of aromatic amines is 1. The maximum atomic E-state index is 13.1. The highest BCUT2D eigenvalue weighted by molar-refractivity contribution is 5.80. The van der Waals surface area contributed by atoms with Crippen LogP contribution >= 0.6 is 0 Å². The second-order valence-electron chi connectivity index (χ2n) is 8.67. The SMILES string of the molecule is CCC=Cc1nn(CCCCCCC)c(=O)n1Cc1ccc(-c2ccccc2-c2nnn[nH]2)cc1. The minimum atomic E-state index is -0.0523. The van der Waals surface area contributed by atoms with Gasteiger partial charge in [-0.2, -0.15) is 5.10 Å². The van der Waals surface area contributed by atoms with Crippen LogP contribution in [-0.2, 0) is 13.1 Å². The molecule has 0 saturated heterocycles. The number of tetrazole rings is 1. The summed E-state index contributed by atoms with van der Waals surface area (Å²) in [5.41, 5.74) is 4.03. The second-order valence-corrected chi connectivity index (χ2v) is 8.67. The van der Waals surface area contributed by atoms with E-state index in [1.807, 2.05) is 30.4 Å². The lowest BCUT2D eigenvalue weighted by Gasteiger charge is -2.09. The average molecular weight is 472 g/mol. The second kappa shape index (κ2) is 12.1. The maximum absolute atomic E-state index is 13.1. The Kier molecular flexibility index (Phi) is 8.38. The summed E-state index contributed by atoms with van der Waals surface area (Å²) in [4.78, 5) is 13.1. The summed E-state index contributed by atoms with van der Waals surface area (Å²) in [6.07, 6.45) is 10.6. The summed E-state index contributed by atoms with van der Waals surface area (Å²) in [6.45, 7) is 5.42. The lowest BCUT2D eigenvalue weighted by molar-refractivity contribution is 0.515. The number of H-pyrrole nitrogens is 1. The summed E-state index contributed by atoms with van der Waals surface area (Å²) in [5, 5.41) is 18.9. The summed E-state index contributed by atoms with van der Waals surface area (Å²) >= 11 is 0. The highest BCUT2D eigenvalue weighted by atomic mass is 16.2. The molecule has 8 heteroatoms. The lowest BCUT2D eigenvalue weighted by Crippen LogP contribution is -2.25. The normalized spacial score (nSPS) is 11.5. The van der Waals surface area contributed by atoms with E-state index >= 15 is 0 Å². The molecule has 8 nitrogen and oxygen atoms in total. The third kappa shape index (κ3) is 6.01. The van der Waals surface area contributed by atoms with Crippen LogP contribution in [0.5, 0.6) is 0 Å². The van der Waals surface area contributed by atoms with E-state index in [0.717, 1.165) is 41.5 Å². The first-order valence-electron chi connectivity index (χ1n) is 12.5. The van der Waals surface area contributed by atoms with Crippen LogP contribution in [0.15, 0.2) is 59.4 Å². The average Bonchev–Trinajstić information content (AvgIpc) is 3.53. The van der Waals surface area contributed by atoms with Crippen LogP contribution in [0.4, 0.5) is 0 Å². The summed E-state index contributed by atoms with van der Waals surface area (Å²) < 4.78 is 3.39. The third-order valence-corrected chi connectivity index (χ3v) is 6.06. The van der Waals surface area contributed by atoms with Crippen molar-refractivity contribution in [3.05, 3.63) is 76.5 Å². The molecule has 35 heavy (non-hydrogen) atoms. The highest BCUT2D eigenvalue weighted by Crippen LogP contribution is 2.29. The van der Waals surface area contributed by atoms with Gasteiger partial charge in [0.1, 0.15) is 0 Å². The Bertz CT molecular complexity index is 1280. The van der Waals surface area contributed by atoms with E-state index < -0.39 is 0 Å². The minimum absolute atomic E-state index is 0.0523.